The average Bonchev–Trinajstić information content (AvgIpc) is 2.29. The van der Waals surface area contributed by atoms with Crippen molar-refractivity contribution < 1.29 is 19.3 Å². The molecule has 100 valence electrons. The van der Waals surface area contributed by atoms with Crippen molar-refractivity contribution in [3.63, 3.8) is 0 Å². The van der Waals surface area contributed by atoms with E-state index in [1.54, 1.807) is 0 Å². The zero-order valence-electron chi connectivity index (χ0n) is 10.7. The highest BCUT2D eigenvalue weighted by atomic mass is 16.7. The Labute approximate surface area is 102 Å². The molecular weight excluding hydrogens is 222 g/mol. The Morgan fingerprint density at radius 2 is 1.76 bits per heavy atom. The third-order valence-corrected chi connectivity index (χ3v) is 3.41. The van der Waals surface area contributed by atoms with Crippen LogP contribution < -0.4 is 5.32 Å². The number of rotatable bonds is 3. The summed E-state index contributed by atoms with van der Waals surface area (Å²) in [5, 5.41) is 13.6. The molecule has 2 rings (SSSR count). The Bertz CT molecular complexity index is 241. The minimum Gasteiger partial charge on any atom is -0.388 e. The normalized spacial score (nSPS) is 29.1. The molecule has 0 spiro atoms. The molecule has 2 N–H and O–H groups in total. The summed E-state index contributed by atoms with van der Waals surface area (Å²) >= 11 is 0. The predicted molar refractivity (Wildman–Crippen MR) is 62.8 cm³/mol. The maximum absolute atomic E-state index is 10.3. The summed E-state index contributed by atoms with van der Waals surface area (Å²) in [6, 6.07) is 0.162. The molecule has 0 radical (unpaired) electrons. The minimum absolute atomic E-state index is 0.162. The van der Waals surface area contributed by atoms with E-state index in [4.69, 9.17) is 14.2 Å². The Hall–Kier alpha value is -0.200. The summed E-state index contributed by atoms with van der Waals surface area (Å²) in [6.07, 6.45) is 1.39. The number of aliphatic hydroxyl groups is 1. The first-order chi connectivity index (χ1) is 7.99. The first-order valence-electron chi connectivity index (χ1n) is 6.31. The second-order valence-corrected chi connectivity index (χ2v) is 5.44. The van der Waals surface area contributed by atoms with Crippen LogP contribution in [0.2, 0.25) is 0 Å². The lowest BCUT2D eigenvalue weighted by Crippen LogP contribution is -2.53. The fourth-order valence-corrected chi connectivity index (χ4v) is 2.07. The van der Waals surface area contributed by atoms with E-state index in [9.17, 15) is 5.11 Å². The standard InChI is InChI=1S/C12H23NO4/c1-11(2)16-7-10(8-17-11)13-9-12(14)3-5-15-6-4-12/h10,13-14H,3-9H2,1-2H3. The van der Waals surface area contributed by atoms with Crippen LogP contribution in [0.25, 0.3) is 0 Å². The monoisotopic (exact) mass is 245 g/mol. The molecule has 2 fully saturated rings. The van der Waals surface area contributed by atoms with Gasteiger partial charge in [0.2, 0.25) is 0 Å². The summed E-state index contributed by atoms with van der Waals surface area (Å²) in [5.74, 6) is -0.478. The lowest BCUT2D eigenvalue weighted by Gasteiger charge is -2.38. The van der Waals surface area contributed by atoms with Crippen molar-refractivity contribution >= 4 is 0 Å². The van der Waals surface area contributed by atoms with Crippen LogP contribution in [-0.4, -0.2) is 55.5 Å². The number of hydrogen-bond acceptors (Lipinski definition) is 5. The maximum atomic E-state index is 10.3. The van der Waals surface area contributed by atoms with Crippen molar-refractivity contribution in [2.24, 2.45) is 0 Å². The Morgan fingerprint density at radius 3 is 2.35 bits per heavy atom. The SMILES string of the molecule is CC1(C)OCC(NCC2(O)CCOCC2)CO1. The van der Waals surface area contributed by atoms with Crippen LogP contribution >= 0.6 is 0 Å². The fourth-order valence-electron chi connectivity index (χ4n) is 2.07. The molecule has 0 aromatic carbocycles. The third-order valence-electron chi connectivity index (χ3n) is 3.41. The van der Waals surface area contributed by atoms with Gasteiger partial charge in [-0.2, -0.15) is 0 Å². The molecule has 5 nitrogen and oxygen atoms in total. The topological polar surface area (TPSA) is 60.0 Å². The summed E-state index contributed by atoms with van der Waals surface area (Å²) in [6.45, 7) is 6.93. The van der Waals surface area contributed by atoms with E-state index < -0.39 is 11.4 Å². The van der Waals surface area contributed by atoms with Crippen LogP contribution in [0.3, 0.4) is 0 Å². The van der Waals surface area contributed by atoms with Gasteiger partial charge in [0.25, 0.3) is 0 Å². The zero-order valence-corrected chi connectivity index (χ0v) is 10.7. The van der Waals surface area contributed by atoms with Gasteiger partial charge in [-0.1, -0.05) is 0 Å². The summed E-state index contributed by atoms with van der Waals surface area (Å²) < 4.78 is 16.4. The van der Waals surface area contributed by atoms with Crippen LogP contribution in [0.5, 0.6) is 0 Å². The summed E-state index contributed by atoms with van der Waals surface area (Å²) in [7, 11) is 0. The summed E-state index contributed by atoms with van der Waals surface area (Å²) in [5.41, 5.74) is -0.634. The zero-order chi connectivity index (χ0) is 12.4. The Kier molecular flexibility index (Phi) is 4.05. The molecule has 0 atom stereocenters. The first-order valence-corrected chi connectivity index (χ1v) is 6.31. The van der Waals surface area contributed by atoms with Gasteiger partial charge >= 0.3 is 0 Å². The molecule has 0 amide bonds. The highest BCUT2D eigenvalue weighted by Crippen LogP contribution is 2.21. The van der Waals surface area contributed by atoms with Gasteiger partial charge in [0.15, 0.2) is 5.79 Å². The molecule has 0 bridgehead atoms. The lowest BCUT2D eigenvalue weighted by molar-refractivity contribution is -0.253. The van der Waals surface area contributed by atoms with Crippen LogP contribution in [0, 0.1) is 0 Å². The van der Waals surface area contributed by atoms with E-state index in [1.807, 2.05) is 13.8 Å². The molecule has 17 heavy (non-hydrogen) atoms. The summed E-state index contributed by atoms with van der Waals surface area (Å²) in [4.78, 5) is 0. The minimum atomic E-state index is -0.634. The van der Waals surface area contributed by atoms with Gasteiger partial charge in [-0.25, -0.2) is 0 Å². The average molecular weight is 245 g/mol. The number of hydrogen-bond donors (Lipinski definition) is 2. The molecule has 5 heteroatoms. The molecule has 2 aliphatic heterocycles. The molecule has 2 heterocycles. The quantitative estimate of drug-likeness (QED) is 0.747. The van der Waals surface area contributed by atoms with Crippen LogP contribution in [0.4, 0.5) is 0 Å². The van der Waals surface area contributed by atoms with Crippen molar-refractivity contribution in [1.29, 1.82) is 0 Å². The van der Waals surface area contributed by atoms with E-state index in [0.717, 1.165) is 0 Å². The van der Waals surface area contributed by atoms with Crippen molar-refractivity contribution in [3.05, 3.63) is 0 Å². The van der Waals surface area contributed by atoms with Crippen molar-refractivity contribution in [2.75, 3.05) is 33.0 Å². The maximum Gasteiger partial charge on any atom is 0.162 e. The molecule has 2 saturated heterocycles. The first kappa shape index (κ1) is 13.2. The van der Waals surface area contributed by atoms with E-state index in [0.29, 0.717) is 45.8 Å². The smallest absolute Gasteiger partial charge is 0.162 e. The third kappa shape index (κ3) is 3.89. The lowest BCUT2D eigenvalue weighted by atomic mass is 9.94. The number of nitrogens with one attached hydrogen (secondary N) is 1. The molecule has 0 aromatic heterocycles. The molecule has 0 aromatic rings. The van der Waals surface area contributed by atoms with Crippen LogP contribution in [0.1, 0.15) is 26.7 Å². The molecular formula is C12H23NO4. The predicted octanol–water partition coefficient (Wildman–Crippen LogP) is 0.269. The van der Waals surface area contributed by atoms with E-state index in [-0.39, 0.29) is 6.04 Å². The van der Waals surface area contributed by atoms with E-state index >= 15 is 0 Å². The Balaban J connectivity index is 1.71. The second kappa shape index (κ2) is 5.20. The van der Waals surface area contributed by atoms with E-state index in [1.165, 1.54) is 0 Å². The van der Waals surface area contributed by atoms with Crippen molar-refractivity contribution in [2.45, 2.75) is 44.1 Å². The van der Waals surface area contributed by atoms with Gasteiger partial charge in [0.1, 0.15) is 0 Å². The second-order valence-electron chi connectivity index (χ2n) is 5.44. The highest BCUT2D eigenvalue weighted by Gasteiger charge is 2.32. The van der Waals surface area contributed by atoms with Gasteiger partial charge in [-0.3, -0.25) is 0 Å². The van der Waals surface area contributed by atoms with Crippen molar-refractivity contribution in [3.8, 4) is 0 Å². The van der Waals surface area contributed by atoms with Gasteiger partial charge in [-0.15, -0.1) is 0 Å². The largest absolute Gasteiger partial charge is 0.388 e. The molecule has 2 aliphatic rings. The highest BCUT2D eigenvalue weighted by molar-refractivity contribution is 4.85. The van der Waals surface area contributed by atoms with Crippen molar-refractivity contribution in [1.82, 2.24) is 5.32 Å². The van der Waals surface area contributed by atoms with E-state index in [2.05, 4.69) is 5.32 Å². The van der Waals surface area contributed by atoms with Crippen LogP contribution in [0.15, 0.2) is 0 Å². The molecule has 0 saturated carbocycles. The van der Waals surface area contributed by atoms with Gasteiger partial charge in [0.05, 0.1) is 24.9 Å². The fraction of sp³-hybridized carbons (Fsp3) is 1.00. The van der Waals surface area contributed by atoms with Crippen LogP contribution in [-0.2, 0) is 14.2 Å². The van der Waals surface area contributed by atoms with Gasteiger partial charge in [0, 0.05) is 32.6 Å². The Morgan fingerprint density at radius 1 is 1.18 bits per heavy atom. The van der Waals surface area contributed by atoms with Gasteiger partial charge < -0.3 is 24.6 Å². The molecule has 0 unspecified atom stereocenters. The molecule has 0 aliphatic carbocycles. The number of ether oxygens (including phenoxy) is 3. The van der Waals surface area contributed by atoms with Gasteiger partial charge in [-0.05, 0) is 13.8 Å².